The topological polar surface area (TPSA) is 141 Å². The van der Waals surface area contributed by atoms with Crippen LogP contribution < -0.4 is 20.9 Å². The summed E-state index contributed by atoms with van der Waals surface area (Å²) in [6, 6.07) is 5.55. The van der Waals surface area contributed by atoms with Gasteiger partial charge in [0.25, 0.3) is 11.2 Å². The zero-order chi connectivity index (χ0) is 24.6. The van der Waals surface area contributed by atoms with Crippen LogP contribution in [0.25, 0.3) is 11.2 Å². The molecule has 34 heavy (non-hydrogen) atoms. The fourth-order valence-electron chi connectivity index (χ4n) is 3.98. The number of aromatic nitrogens is 4. The molecule has 0 bridgehead atoms. The molecule has 3 heterocycles. The second-order valence-electron chi connectivity index (χ2n) is 8.41. The maximum Gasteiger partial charge on any atom is 0.332 e. The van der Waals surface area contributed by atoms with Crippen molar-refractivity contribution in [1.29, 1.82) is 0 Å². The van der Waals surface area contributed by atoms with Gasteiger partial charge in [0.2, 0.25) is 5.95 Å². The van der Waals surface area contributed by atoms with Gasteiger partial charge in [-0.3, -0.25) is 24.0 Å². The highest BCUT2D eigenvalue weighted by molar-refractivity contribution is 5.74. The second kappa shape index (κ2) is 9.27. The summed E-state index contributed by atoms with van der Waals surface area (Å²) < 4.78 is 9.59. The van der Waals surface area contributed by atoms with E-state index in [0.717, 1.165) is 17.7 Å². The first-order valence-electron chi connectivity index (χ1n) is 10.8. The molecule has 1 atom stereocenters. The Hall–Kier alpha value is -3.71. The third kappa shape index (κ3) is 4.39. The van der Waals surface area contributed by atoms with Crippen LogP contribution in [0.1, 0.15) is 0 Å². The Kier molecular flexibility index (Phi) is 6.39. The van der Waals surface area contributed by atoms with Crippen molar-refractivity contribution in [1.82, 2.24) is 23.6 Å². The fraction of sp³-hybridized carbons (Fsp3) is 0.476. The Morgan fingerprint density at radius 1 is 1.09 bits per heavy atom. The van der Waals surface area contributed by atoms with E-state index in [0.29, 0.717) is 24.8 Å². The molecule has 0 radical (unpaired) electrons. The van der Waals surface area contributed by atoms with E-state index in [9.17, 15) is 24.8 Å². The zero-order valence-electron chi connectivity index (χ0n) is 19.2. The van der Waals surface area contributed by atoms with Crippen molar-refractivity contribution in [3.05, 3.63) is 55.2 Å². The highest BCUT2D eigenvalue weighted by atomic mass is 16.6. The summed E-state index contributed by atoms with van der Waals surface area (Å²) in [5.41, 5.74) is -0.543. The van der Waals surface area contributed by atoms with Crippen molar-refractivity contribution in [2.24, 2.45) is 14.1 Å². The van der Waals surface area contributed by atoms with Gasteiger partial charge in [-0.05, 0) is 19.2 Å². The molecular formula is C21H27N7O6. The highest BCUT2D eigenvalue weighted by Gasteiger charge is 2.26. The number of fused-ring (bicyclic) bond motifs is 1. The van der Waals surface area contributed by atoms with Gasteiger partial charge in [0.1, 0.15) is 18.5 Å². The molecule has 0 unspecified atom stereocenters. The van der Waals surface area contributed by atoms with Crippen LogP contribution in [0.2, 0.25) is 0 Å². The summed E-state index contributed by atoms with van der Waals surface area (Å²) in [5, 5.41) is 21.5. The van der Waals surface area contributed by atoms with E-state index in [1.165, 1.54) is 35.9 Å². The molecule has 1 fully saturated rings. The smallest absolute Gasteiger partial charge is 0.332 e. The van der Waals surface area contributed by atoms with Crippen molar-refractivity contribution in [2.75, 3.05) is 44.7 Å². The number of imidazole rings is 1. The molecule has 1 saturated heterocycles. The summed E-state index contributed by atoms with van der Waals surface area (Å²) in [7, 11) is 4.99. The van der Waals surface area contributed by atoms with E-state index in [2.05, 4.69) is 9.88 Å². The first-order chi connectivity index (χ1) is 16.2. The number of anilines is 1. The average Bonchev–Trinajstić information content (AvgIpc) is 3.20. The van der Waals surface area contributed by atoms with Gasteiger partial charge < -0.3 is 24.2 Å². The number of nitrogens with zero attached hydrogens (tertiary/aromatic N) is 7. The summed E-state index contributed by atoms with van der Waals surface area (Å²) in [6.07, 6.45) is -1.01. The lowest BCUT2D eigenvalue weighted by molar-refractivity contribution is -0.384. The number of hydrogen-bond donors (Lipinski definition) is 1. The first kappa shape index (κ1) is 23.4. The lowest BCUT2D eigenvalue weighted by Crippen LogP contribution is -2.45. The van der Waals surface area contributed by atoms with Crippen molar-refractivity contribution < 1.29 is 14.8 Å². The number of piperazine rings is 1. The summed E-state index contributed by atoms with van der Waals surface area (Å²) in [6.45, 7) is 2.90. The normalized spacial score (nSPS) is 15.6. The quantitative estimate of drug-likeness (QED) is 0.356. The van der Waals surface area contributed by atoms with Crippen LogP contribution in [-0.4, -0.2) is 79.6 Å². The number of aliphatic hydroxyl groups is 1. The Bertz CT molecular complexity index is 1320. The van der Waals surface area contributed by atoms with Crippen molar-refractivity contribution in [3.63, 3.8) is 0 Å². The van der Waals surface area contributed by atoms with Crippen LogP contribution in [0, 0.1) is 10.1 Å². The van der Waals surface area contributed by atoms with E-state index >= 15 is 0 Å². The molecule has 3 aromatic rings. The summed E-state index contributed by atoms with van der Waals surface area (Å²) in [4.78, 5) is 44.6. The Balaban J connectivity index is 1.64. The van der Waals surface area contributed by atoms with Gasteiger partial charge in [-0.15, -0.1) is 0 Å². The van der Waals surface area contributed by atoms with Crippen molar-refractivity contribution in [3.8, 4) is 5.75 Å². The van der Waals surface area contributed by atoms with Gasteiger partial charge in [-0.25, -0.2) is 4.79 Å². The molecule has 1 aromatic carbocycles. The SMILES string of the molecule is CN1CCN(c2nc3c(c(=O)n(C)c(=O)n3C)n2C[C@H](O)COc2ccc([N+](=O)[O-])cc2)CC1. The number of non-ortho nitro benzene ring substituents is 1. The van der Waals surface area contributed by atoms with Gasteiger partial charge in [-0.1, -0.05) is 0 Å². The maximum absolute atomic E-state index is 13.0. The largest absolute Gasteiger partial charge is 0.491 e. The van der Waals surface area contributed by atoms with E-state index < -0.39 is 22.3 Å². The monoisotopic (exact) mass is 473 g/mol. The third-order valence-electron chi connectivity index (χ3n) is 6.00. The molecule has 0 amide bonds. The number of nitro benzene ring substituents is 1. The van der Waals surface area contributed by atoms with Gasteiger partial charge in [0.05, 0.1) is 11.5 Å². The molecule has 13 heteroatoms. The minimum Gasteiger partial charge on any atom is -0.491 e. The molecule has 0 spiro atoms. The number of rotatable bonds is 7. The summed E-state index contributed by atoms with van der Waals surface area (Å²) in [5.74, 6) is 0.883. The van der Waals surface area contributed by atoms with Crippen LogP contribution in [0.4, 0.5) is 11.6 Å². The molecule has 0 saturated carbocycles. The Labute approximate surface area is 194 Å². The van der Waals surface area contributed by atoms with Crippen molar-refractivity contribution in [2.45, 2.75) is 12.6 Å². The van der Waals surface area contributed by atoms with Crippen LogP contribution >= 0.6 is 0 Å². The van der Waals surface area contributed by atoms with Gasteiger partial charge >= 0.3 is 5.69 Å². The third-order valence-corrected chi connectivity index (χ3v) is 6.00. The number of aryl methyl sites for hydroxylation is 1. The number of hydrogen-bond acceptors (Lipinski definition) is 9. The molecule has 182 valence electrons. The number of ether oxygens (including phenoxy) is 1. The zero-order valence-corrected chi connectivity index (χ0v) is 19.2. The Morgan fingerprint density at radius 2 is 1.74 bits per heavy atom. The molecule has 1 aliphatic rings. The molecule has 4 rings (SSSR count). The minimum absolute atomic E-state index is 0.0125. The molecule has 2 aromatic heterocycles. The predicted molar refractivity (Wildman–Crippen MR) is 125 cm³/mol. The number of likely N-dealkylation sites (N-methyl/N-ethyl adjacent to an activating group) is 1. The number of aliphatic hydroxyl groups excluding tert-OH is 1. The lowest BCUT2D eigenvalue weighted by atomic mass is 10.3. The second-order valence-corrected chi connectivity index (χ2v) is 8.41. The van der Waals surface area contributed by atoms with Gasteiger partial charge in [0.15, 0.2) is 11.2 Å². The van der Waals surface area contributed by atoms with Crippen LogP contribution in [-0.2, 0) is 20.6 Å². The minimum atomic E-state index is -1.01. The molecular weight excluding hydrogens is 446 g/mol. The first-order valence-corrected chi connectivity index (χ1v) is 10.8. The molecule has 13 nitrogen and oxygen atoms in total. The Morgan fingerprint density at radius 3 is 2.35 bits per heavy atom. The molecule has 1 aliphatic heterocycles. The van der Waals surface area contributed by atoms with E-state index in [1.807, 2.05) is 11.9 Å². The van der Waals surface area contributed by atoms with Crippen LogP contribution in [0.15, 0.2) is 33.9 Å². The van der Waals surface area contributed by atoms with Gasteiger partial charge in [-0.2, -0.15) is 4.98 Å². The van der Waals surface area contributed by atoms with Crippen molar-refractivity contribution >= 4 is 22.8 Å². The van der Waals surface area contributed by atoms with Crippen LogP contribution in [0.5, 0.6) is 5.75 Å². The standard InChI is InChI=1S/C21H27N7O6/c1-23-8-10-26(11-9-23)20-22-18-17(19(30)25(3)21(31)24(18)2)27(20)12-15(29)13-34-16-6-4-14(5-7-16)28(32)33/h4-7,15,29H,8-13H2,1-3H3/t15-/m0/s1. The summed E-state index contributed by atoms with van der Waals surface area (Å²) >= 11 is 0. The highest BCUT2D eigenvalue weighted by Crippen LogP contribution is 2.22. The number of benzene rings is 1. The maximum atomic E-state index is 13.0. The lowest BCUT2D eigenvalue weighted by Gasteiger charge is -2.33. The average molecular weight is 473 g/mol. The predicted octanol–water partition coefficient (Wildman–Crippen LogP) is -0.466. The molecule has 0 aliphatic carbocycles. The van der Waals surface area contributed by atoms with Crippen LogP contribution in [0.3, 0.4) is 0 Å². The fourth-order valence-corrected chi connectivity index (χ4v) is 3.98. The van der Waals surface area contributed by atoms with Gasteiger partial charge in [0, 0.05) is 52.4 Å². The molecule has 1 N–H and O–H groups in total. The van der Waals surface area contributed by atoms with E-state index in [-0.39, 0.29) is 30.0 Å². The number of nitro groups is 1. The van der Waals surface area contributed by atoms with E-state index in [4.69, 9.17) is 4.74 Å². The van der Waals surface area contributed by atoms with E-state index in [1.54, 1.807) is 11.6 Å².